The fourth-order valence-corrected chi connectivity index (χ4v) is 4.56. The molecule has 0 aliphatic rings. The van der Waals surface area contributed by atoms with E-state index in [-0.39, 0.29) is 11.1 Å². The molecule has 0 spiro atoms. The van der Waals surface area contributed by atoms with Crippen molar-refractivity contribution in [3.05, 3.63) is 0 Å². The largest absolute Gasteiger partial charge is 0.394 e. The quantitative estimate of drug-likeness (QED) is 0.0637. The first-order chi connectivity index (χ1) is 19.0. The van der Waals surface area contributed by atoms with E-state index in [0.717, 1.165) is 0 Å². The van der Waals surface area contributed by atoms with E-state index in [1.807, 2.05) is 0 Å². The first-order valence-corrected chi connectivity index (χ1v) is 18.7. The molecular formula is C34H76N2O4S. The third-order valence-corrected chi connectivity index (χ3v) is 8.78. The van der Waals surface area contributed by atoms with Crippen LogP contribution in [-0.4, -0.2) is 28.6 Å². The average molecular weight is 609 g/mol. The summed E-state index contributed by atoms with van der Waals surface area (Å²) in [5, 5.41) is 0. The standard InChI is InChI=1S/2C17H37N.H2O4S/c2*1-5-6-7-8-9-10-11-12-13-14-15-17(4,18)16(2)3;1-5(2,3)4/h2*16H,5-15,18H2,1-4H3;(H2,1,2,3,4). The molecule has 0 fully saturated rings. The molecule has 252 valence electrons. The zero-order chi connectivity index (χ0) is 32.2. The Morgan fingerprint density at radius 3 is 0.829 bits per heavy atom. The second kappa shape index (κ2) is 28.6. The Bertz CT molecular complexity index is 587. The highest BCUT2D eigenvalue weighted by Crippen LogP contribution is 2.22. The van der Waals surface area contributed by atoms with E-state index in [0.29, 0.717) is 11.8 Å². The van der Waals surface area contributed by atoms with Gasteiger partial charge in [-0.3, -0.25) is 9.11 Å². The summed E-state index contributed by atoms with van der Waals surface area (Å²) < 4.78 is 31.6. The number of unbranched alkanes of at least 4 members (excludes halogenated alkanes) is 18. The van der Waals surface area contributed by atoms with Crippen LogP contribution >= 0.6 is 0 Å². The summed E-state index contributed by atoms with van der Waals surface area (Å²) >= 11 is 0. The van der Waals surface area contributed by atoms with E-state index in [2.05, 4.69) is 55.4 Å². The van der Waals surface area contributed by atoms with Gasteiger partial charge in [0.2, 0.25) is 0 Å². The molecule has 0 amide bonds. The fourth-order valence-electron chi connectivity index (χ4n) is 4.56. The summed E-state index contributed by atoms with van der Waals surface area (Å²) in [5.74, 6) is 1.19. The minimum Gasteiger partial charge on any atom is -0.325 e. The highest BCUT2D eigenvalue weighted by atomic mass is 32.3. The van der Waals surface area contributed by atoms with Gasteiger partial charge in [-0.2, -0.15) is 8.42 Å². The van der Waals surface area contributed by atoms with Crippen molar-refractivity contribution in [2.24, 2.45) is 23.3 Å². The Morgan fingerprint density at radius 1 is 0.488 bits per heavy atom. The summed E-state index contributed by atoms with van der Waals surface area (Å²) in [6, 6.07) is 0. The van der Waals surface area contributed by atoms with E-state index in [9.17, 15) is 0 Å². The van der Waals surface area contributed by atoms with Crippen molar-refractivity contribution in [2.75, 3.05) is 0 Å². The van der Waals surface area contributed by atoms with E-state index in [1.165, 1.54) is 141 Å². The number of rotatable bonds is 24. The molecule has 0 aliphatic heterocycles. The topological polar surface area (TPSA) is 127 Å². The summed E-state index contributed by atoms with van der Waals surface area (Å²) in [6.07, 6.45) is 30.5. The van der Waals surface area contributed by atoms with Crippen LogP contribution in [0, 0.1) is 11.8 Å². The molecule has 0 radical (unpaired) electrons. The zero-order valence-electron chi connectivity index (χ0n) is 29.0. The third kappa shape index (κ3) is 39.8. The SMILES string of the molecule is CCCCCCCCCCCCC(C)(N)C(C)C.CCCCCCCCCCCCC(C)(N)C(C)C.O=S(=O)(O)O. The Hall–Kier alpha value is -0.210. The van der Waals surface area contributed by atoms with Crippen LogP contribution in [0.4, 0.5) is 0 Å². The maximum Gasteiger partial charge on any atom is 0.394 e. The van der Waals surface area contributed by atoms with Crippen molar-refractivity contribution in [1.82, 2.24) is 0 Å². The summed E-state index contributed by atoms with van der Waals surface area (Å²) in [7, 11) is -4.67. The summed E-state index contributed by atoms with van der Waals surface area (Å²) in [4.78, 5) is 0. The van der Waals surface area contributed by atoms with Gasteiger partial charge < -0.3 is 11.5 Å². The molecular weight excluding hydrogens is 532 g/mol. The van der Waals surface area contributed by atoms with Crippen molar-refractivity contribution < 1.29 is 17.5 Å². The molecule has 0 aromatic heterocycles. The molecule has 41 heavy (non-hydrogen) atoms. The van der Waals surface area contributed by atoms with Crippen LogP contribution in [-0.2, 0) is 10.4 Å². The molecule has 0 saturated heterocycles. The number of nitrogens with two attached hydrogens (primary N) is 2. The highest BCUT2D eigenvalue weighted by Gasteiger charge is 2.22. The lowest BCUT2D eigenvalue weighted by atomic mass is 9.84. The van der Waals surface area contributed by atoms with Gasteiger partial charge in [-0.15, -0.1) is 0 Å². The smallest absolute Gasteiger partial charge is 0.325 e. The first kappa shape index (κ1) is 45.2. The number of hydrogen-bond donors (Lipinski definition) is 4. The first-order valence-electron chi connectivity index (χ1n) is 17.3. The second-order valence-corrected chi connectivity index (χ2v) is 14.5. The van der Waals surface area contributed by atoms with E-state index >= 15 is 0 Å². The molecule has 0 aromatic rings. The molecule has 6 nitrogen and oxygen atoms in total. The Kier molecular flexibility index (Phi) is 31.5. The molecule has 0 heterocycles. The molecule has 0 aliphatic carbocycles. The molecule has 0 rings (SSSR count). The van der Waals surface area contributed by atoms with Gasteiger partial charge in [0.25, 0.3) is 0 Å². The normalized spacial score (nSPS) is 14.6. The Labute approximate surface area is 258 Å². The molecule has 6 N–H and O–H groups in total. The fraction of sp³-hybridized carbons (Fsp3) is 1.00. The van der Waals surface area contributed by atoms with Gasteiger partial charge in [0.15, 0.2) is 0 Å². The van der Waals surface area contributed by atoms with Gasteiger partial charge in [-0.05, 0) is 38.5 Å². The van der Waals surface area contributed by atoms with E-state index in [4.69, 9.17) is 29.0 Å². The average Bonchev–Trinajstić information content (AvgIpc) is 2.85. The van der Waals surface area contributed by atoms with Crippen molar-refractivity contribution in [3.63, 3.8) is 0 Å². The van der Waals surface area contributed by atoms with Crippen LogP contribution in [0.25, 0.3) is 0 Å². The van der Waals surface area contributed by atoms with Gasteiger partial charge in [0, 0.05) is 11.1 Å². The predicted molar refractivity (Wildman–Crippen MR) is 182 cm³/mol. The molecule has 0 aromatic carbocycles. The highest BCUT2D eigenvalue weighted by molar-refractivity contribution is 7.79. The van der Waals surface area contributed by atoms with E-state index < -0.39 is 10.4 Å². The molecule has 2 atom stereocenters. The van der Waals surface area contributed by atoms with Crippen LogP contribution in [0.2, 0.25) is 0 Å². The minimum absolute atomic E-state index is 0.0418. The maximum absolute atomic E-state index is 8.74. The van der Waals surface area contributed by atoms with E-state index in [1.54, 1.807) is 0 Å². The predicted octanol–water partition coefficient (Wildman–Crippen LogP) is 10.7. The second-order valence-electron chi connectivity index (χ2n) is 13.6. The van der Waals surface area contributed by atoms with Crippen LogP contribution in [0.1, 0.15) is 197 Å². The van der Waals surface area contributed by atoms with Crippen LogP contribution in [0.15, 0.2) is 0 Å². The Morgan fingerprint density at radius 2 is 0.659 bits per heavy atom. The summed E-state index contributed by atoms with van der Waals surface area (Å²) in [6.45, 7) is 17.9. The minimum atomic E-state index is -4.67. The van der Waals surface area contributed by atoms with Gasteiger partial charge in [-0.25, -0.2) is 0 Å². The van der Waals surface area contributed by atoms with Crippen LogP contribution < -0.4 is 11.5 Å². The van der Waals surface area contributed by atoms with Crippen LogP contribution in [0.5, 0.6) is 0 Å². The van der Waals surface area contributed by atoms with Crippen molar-refractivity contribution >= 4 is 10.4 Å². The monoisotopic (exact) mass is 609 g/mol. The maximum atomic E-state index is 8.74. The lowest BCUT2D eigenvalue weighted by molar-refractivity contribution is 0.305. The zero-order valence-corrected chi connectivity index (χ0v) is 29.8. The van der Waals surface area contributed by atoms with Gasteiger partial charge in [0.05, 0.1) is 0 Å². The Balaban J connectivity index is -0.000000604. The lowest BCUT2D eigenvalue weighted by Gasteiger charge is -2.29. The van der Waals surface area contributed by atoms with Crippen LogP contribution in [0.3, 0.4) is 0 Å². The molecule has 7 heteroatoms. The van der Waals surface area contributed by atoms with Crippen molar-refractivity contribution in [2.45, 2.75) is 208 Å². The molecule has 0 bridgehead atoms. The molecule has 0 saturated carbocycles. The van der Waals surface area contributed by atoms with Gasteiger partial charge >= 0.3 is 10.4 Å². The third-order valence-electron chi connectivity index (χ3n) is 8.78. The molecule has 2 unspecified atom stereocenters. The van der Waals surface area contributed by atoms with Crippen molar-refractivity contribution in [3.8, 4) is 0 Å². The number of hydrogen-bond acceptors (Lipinski definition) is 4. The van der Waals surface area contributed by atoms with Gasteiger partial charge in [-0.1, -0.05) is 170 Å². The van der Waals surface area contributed by atoms with Crippen molar-refractivity contribution in [1.29, 1.82) is 0 Å². The van der Waals surface area contributed by atoms with Gasteiger partial charge in [0.1, 0.15) is 0 Å². The lowest BCUT2D eigenvalue weighted by Crippen LogP contribution is -2.41. The summed E-state index contributed by atoms with van der Waals surface area (Å²) in [5.41, 5.74) is 12.6.